The van der Waals surface area contributed by atoms with E-state index in [4.69, 9.17) is 4.74 Å². The minimum atomic E-state index is -3.99. The standard InChI is InChI=1S/C34H45N5O5S/c1-24(2)38(25(3)4)22-20-35-33(40)32-30-18-17-29(44-28-15-11-8-12-16-28)23-27(30)19-21-39(32)34(41)31(26-13-9-7-10-14-26)36-45(42,43)37(5)6/h7-18,23-25,31-32,36H,19-22H2,1-6H3,(H,35,40). The van der Waals surface area contributed by atoms with Crippen LogP contribution in [0.1, 0.15) is 56.5 Å². The molecule has 0 radical (unpaired) electrons. The van der Waals surface area contributed by atoms with E-state index < -0.39 is 28.2 Å². The van der Waals surface area contributed by atoms with Gasteiger partial charge in [-0.1, -0.05) is 54.6 Å². The largest absolute Gasteiger partial charge is 0.457 e. The highest BCUT2D eigenvalue weighted by molar-refractivity contribution is 7.87. The van der Waals surface area contributed by atoms with E-state index in [0.29, 0.717) is 54.2 Å². The molecular formula is C34H45N5O5S. The van der Waals surface area contributed by atoms with E-state index in [0.717, 1.165) is 9.87 Å². The van der Waals surface area contributed by atoms with Crippen LogP contribution in [-0.2, 0) is 26.2 Å². The van der Waals surface area contributed by atoms with Crippen LogP contribution in [0.4, 0.5) is 0 Å². The fourth-order valence-corrected chi connectivity index (χ4v) is 6.40. The predicted molar refractivity (Wildman–Crippen MR) is 176 cm³/mol. The van der Waals surface area contributed by atoms with Gasteiger partial charge in [-0.2, -0.15) is 17.4 Å². The van der Waals surface area contributed by atoms with Gasteiger partial charge in [-0.25, -0.2) is 0 Å². The van der Waals surface area contributed by atoms with Gasteiger partial charge in [0.25, 0.3) is 10.2 Å². The van der Waals surface area contributed by atoms with Gasteiger partial charge in [-0.3, -0.25) is 14.5 Å². The summed E-state index contributed by atoms with van der Waals surface area (Å²) < 4.78 is 35.6. The lowest BCUT2D eigenvalue weighted by Crippen LogP contribution is -2.52. The Morgan fingerprint density at radius 3 is 2.13 bits per heavy atom. The number of amides is 2. The van der Waals surface area contributed by atoms with E-state index in [2.05, 4.69) is 42.6 Å². The number of hydrogen-bond acceptors (Lipinski definition) is 6. The number of fused-ring (bicyclic) bond motifs is 1. The van der Waals surface area contributed by atoms with Gasteiger partial charge in [0, 0.05) is 45.8 Å². The van der Waals surface area contributed by atoms with Gasteiger partial charge >= 0.3 is 0 Å². The van der Waals surface area contributed by atoms with Crippen molar-refractivity contribution in [3.05, 3.63) is 95.6 Å². The molecule has 0 saturated heterocycles. The Bertz CT molecular complexity index is 1540. The minimum Gasteiger partial charge on any atom is -0.457 e. The van der Waals surface area contributed by atoms with Crippen molar-refractivity contribution in [2.75, 3.05) is 33.7 Å². The number of nitrogens with one attached hydrogen (secondary N) is 2. The first-order valence-electron chi connectivity index (χ1n) is 15.3. The molecular weight excluding hydrogens is 590 g/mol. The summed E-state index contributed by atoms with van der Waals surface area (Å²) in [5, 5.41) is 3.07. The van der Waals surface area contributed by atoms with Gasteiger partial charge in [-0.05, 0) is 75.1 Å². The quantitative estimate of drug-likeness (QED) is 0.290. The van der Waals surface area contributed by atoms with Crippen LogP contribution in [0.3, 0.4) is 0 Å². The molecule has 242 valence electrons. The van der Waals surface area contributed by atoms with Crippen LogP contribution in [-0.4, -0.2) is 80.2 Å². The van der Waals surface area contributed by atoms with Crippen LogP contribution in [0, 0.1) is 0 Å². The Balaban J connectivity index is 1.69. The highest BCUT2D eigenvalue weighted by Gasteiger charge is 2.40. The molecule has 2 amide bonds. The number of hydrogen-bond donors (Lipinski definition) is 2. The molecule has 4 rings (SSSR count). The number of carbonyl (C=O) groups excluding carboxylic acids is 2. The van der Waals surface area contributed by atoms with E-state index in [1.807, 2.05) is 42.5 Å². The zero-order valence-electron chi connectivity index (χ0n) is 26.9. The molecule has 0 aromatic heterocycles. The lowest BCUT2D eigenvalue weighted by Gasteiger charge is -2.39. The van der Waals surface area contributed by atoms with Crippen molar-refractivity contribution >= 4 is 22.0 Å². The highest BCUT2D eigenvalue weighted by atomic mass is 32.2. The summed E-state index contributed by atoms with van der Waals surface area (Å²) >= 11 is 0. The van der Waals surface area contributed by atoms with Crippen molar-refractivity contribution in [1.82, 2.24) is 24.1 Å². The van der Waals surface area contributed by atoms with Gasteiger partial charge in [0.05, 0.1) is 0 Å². The number of carbonyl (C=O) groups is 2. The number of benzene rings is 3. The third-order valence-corrected chi connectivity index (χ3v) is 9.47. The van der Waals surface area contributed by atoms with Crippen molar-refractivity contribution in [3.63, 3.8) is 0 Å². The van der Waals surface area contributed by atoms with Gasteiger partial charge in [-0.15, -0.1) is 0 Å². The summed E-state index contributed by atoms with van der Waals surface area (Å²) in [6, 6.07) is 22.1. The lowest BCUT2D eigenvalue weighted by atomic mass is 9.90. The summed E-state index contributed by atoms with van der Waals surface area (Å²) in [5.74, 6) is 0.492. The fraction of sp³-hybridized carbons (Fsp3) is 0.412. The topological polar surface area (TPSA) is 111 Å². The Hall–Kier alpha value is -3.77. The van der Waals surface area contributed by atoms with Crippen molar-refractivity contribution in [1.29, 1.82) is 0 Å². The van der Waals surface area contributed by atoms with Gasteiger partial charge in [0.15, 0.2) is 0 Å². The third kappa shape index (κ3) is 8.49. The molecule has 0 fully saturated rings. The maximum Gasteiger partial charge on any atom is 0.279 e. The molecule has 45 heavy (non-hydrogen) atoms. The smallest absolute Gasteiger partial charge is 0.279 e. The summed E-state index contributed by atoms with van der Waals surface area (Å²) in [6.07, 6.45) is 0.466. The zero-order chi connectivity index (χ0) is 32.7. The molecule has 0 saturated carbocycles. The number of rotatable bonds is 13. The third-order valence-electron chi connectivity index (χ3n) is 7.98. The Morgan fingerprint density at radius 1 is 0.911 bits per heavy atom. The lowest BCUT2D eigenvalue weighted by molar-refractivity contribution is -0.142. The van der Waals surface area contributed by atoms with Crippen molar-refractivity contribution in [2.45, 2.75) is 58.3 Å². The van der Waals surface area contributed by atoms with Gasteiger partial charge < -0.3 is 15.0 Å². The summed E-state index contributed by atoms with van der Waals surface area (Å²) in [7, 11) is -1.19. The van der Waals surface area contributed by atoms with E-state index >= 15 is 0 Å². The van der Waals surface area contributed by atoms with Crippen LogP contribution in [0.15, 0.2) is 78.9 Å². The van der Waals surface area contributed by atoms with E-state index in [-0.39, 0.29) is 12.5 Å². The molecule has 10 nitrogen and oxygen atoms in total. The Kier molecular flexibility index (Phi) is 11.4. The van der Waals surface area contributed by atoms with Crippen LogP contribution < -0.4 is 14.8 Å². The summed E-state index contributed by atoms with van der Waals surface area (Å²) in [5.41, 5.74) is 2.05. The molecule has 2 atom stereocenters. The molecule has 0 spiro atoms. The molecule has 1 aliphatic rings. The minimum absolute atomic E-state index is 0.218. The number of ether oxygens (including phenoxy) is 1. The van der Waals surface area contributed by atoms with E-state index in [1.165, 1.54) is 19.0 Å². The van der Waals surface area contributed by atoms with Crippen LogP contribution in [0.5, 0.6) is 11.5 Å². The normalized spacial score (nSPS) is 15.8. The second kappa shape index (κ2) is 15.0. The molecule has 3 aromatic carbocycles. The highest BCUT2D eigenvalue weighted by Crippen LogP contribution is 2.35. The molecule has 2 N–H and O–H groups in total. The summed E-state index contributed by atoms with van der Waals surface area (Å²) in [4.78, 5) is 32.2. The first kappa shape index (κ1) is 34.1. The first-order chi connectivity index (χ1) is 21.4. The molecule has 3 aromatic rings. The van der Waals surface area contributed by atoms with Crippen molar-refractivity contribution in [3.8, 4) is 11.5 Å². The maximum atomic E-state index is 14.4. The molecule has 0 aliphatic carbocycles. The van der Waals surface area contributed by atoms with Gasteiger partial charge in [0.1, 0.15) is 23.6 Å². The molecule has 1 heterocycles. The van der Waals surface area contributed by atoms with Crippen molar-refractivity contribution in [2.24, 2.45) is 0 Å². The SMILES string of the molecule is CC(C)N(CCNC(=O)C1c2ccc(Oc3ccccc3)cc2CCN1C(=O)C(NS(=O)(=O)N(C)C)c1ccccc1)C(C)C. The second-order valence-electron chi connectivity index (χ2n) is 11.9. The maximum absolute atomic E-state index is 14.4. The predicted octanol–water partition coefficient (Wildman–Crippen LogP) is 4.28. The molecule has 1 aliphatic heterocycles. The van der Waals surface area contributed by atoms with Crippen LogP contribution in [0.2, 0.25) is 0 Å². The average molecular weight is 636 g/mol. The number of nitrogens with zero attached hydrogens (tertiary/aromatic N) is 3. The van der Waals surface area contributed by atoms with Gasteiger partial charge in [0.2, 0.25) is 11.8 Å². The molecule has 11 heteroatoms. The second-order valence-corrected chi connectivity index (χ2v) is 13.8. The summed E-state index contributed by atoms with van der Waals surface area (Å²) in [6.45, 7) is 9.73. The Morgan fingerprint density at radius 2 is 1.53 bits per heavy atom. The van der Waals surface area contributed by atoms with Crippen molar-refractivity contribution < 1.29 is 22.7 Å². The Labute approximate surface area is 267 Å². The van der Waals surface area contributed by atoms with Crippen LogP contribution >= 0.6 is 0 Å². The number of para-hydroxylation sites is 1. The molecule has 0 bridgehead atoms. The average Bonchev–Trinajstić information content (AvgIpc) is 3.01. The zero-order valence-corrected chi connectivity index (χ0v) is 27.8. The van der Waals surface area contributed by atoms with E-state index in [9.17, 15) is 18.0 Å². The fourth-order valence-electron chi connectivity index (χ4n) is 5.66. The van der Waals surface area contributed by atoms with E-state index in [1.54, 1.807) is 36.4 Å². The van der Waals surface area contributed by atoms with Crippen LogP contribution in [0.25, 0.3) is 0 Å². The first-order valence-corrected chi connectivity index (χ1v) is 16.8. The monoisotopic (exact) mass is 635 g/mol. The molecule has 2 unspecified atom stereocenters.